The second-order valence-corrected chi connectivity index (χ2v) is 10.2. The van der Waals surface area contributed by atoms with Crippen LogP contribution in [0, 0.1) is 0 Å². The Bertz CT molecular complexity index is 1340. The minimum absolute atomic E-state index is 0.234. The van der Waals surface area contributed by atoms with Gasteiger partial charge in [0.05, 0.1) is 10.9 Å². The van der Waals surface area contributed by atoms with Gasteiger partial charge in [-0.3, -0.25) is 14.8 Å². The first-order chi connectivity index (χ1) is 16.9. The largest absolute Gasteiger partial charge is 0.414 e. The molecule has 2 amide bonds. The highest BCUT2D eigenvalue weighted by Crippen LogP contribution is 2.34. The third kappa shape index (κ3) is 5.21. The van der Waals surface area contributed by atoms with E-state index < -0.39 is 11.6 Å². The summed E-state index contributed by atoms with van der Waals surface area (Å²) in [6.45, 7) is 7.01. The van der Waals surface area contributed by atoms with Crippen molar-refractivity contribution in [1.29, 1.82) is 0 Å². The number of benzene rings is 2. The van der Waals surface area contributed by atoms with Gasteiger partial charge in [-0.15, -0.1) is 0 Å². The molecule has 4 aromatic rings. The van der Waals surface area contributed by atoms with Gasteiger partial charge in [-0.05, 0) is 56.6 Å². The molecule has 35 heavy (non-hydrogen) atoms. The van der Waals surface area contributed by atoms with Crippen molar-refractivity contribution in [3.05, 3.63) is 77.4 Å². The average Bonchev–Trinajstić information content (AvgIpc) is 3.37. The number of aromatic amines is 1. The number of aromatic nitrogens is 2. The molecule has 1 aliphatic rings. The number of amides is 2. The first-order valence-corrected chi connectivity index (χ1v) is 12.4. The lowest BCUT2D eigenvalue weighted by Crippen LogP contribution is -2.42. The monoisotopic (exact) mass is 489 g/mol. The van der Waals surface area contributed by atoms with E-state index in [0.29, 0.717) is 26.7 Å². The van der Waals surface area contributed by atoms with Gasteiger partial charge < -0.3 is 15.4 Å². The fraction of sp³-hybridized carbons (Fsp3) is 0.269. The average molecular weight is 490 g/mol. The number of carbonyl (C=O) groups is 2. The molecule has 2 aromatic carbocycles. The van der Waals surface area contributed by atoms with Gasteiger partial charge in [-0.25, -0.2) is 4.79 Å². The molecule has 1 fully saturated rings. The molecule has 9 heteroatoms. The molecule has 3 N–H and O–H groups in total. The number of ether oxygens (including phenoxy) is 1. The highest BCUT2D eigenvalue weighted by atomic mass is 32.1. The number of H-pyrrole nitrogens is 1. The maximum Gasteiger partial charge on any atom is 0.414 e. The standard InChI is InChI=1S/C26H27N5O3S/c1-26(2,19-7-4-3-5-8-19)28-25(33)34-21-15-20-22(29-30-24(20)35-21)27-23(32)18-11-9-17(10-12-18)16-31-13-6-14-31/h3-5,7-12,15H,6,13-14,16H2,1-2H3,(H,28,33)(H2,27,29,30,32). The summed E-state index contributed by atoms with van der Waals surface area (Å²) in [5, 5.41) is 13.9. The summed E-state index contributed by atoms with van der Waals surface area (Å²) in [5.41, 5.74) is 2.13. The molecule has 0 aliphatic carbocycles. The van der Waals surface area contributed by atoms with Crippen molar-refractivity contribution in [3.63, 3.8) is 0 Å². The summed E-state index contributed by atoms with van der Waals surface area (Å²) in [7, 11) is 0. The predicted octanol–water partition coefficient (Wildman–Crippen LogP) is 5.11. The molecule has 3 heterocycles. The number of fused-ring (bicyclic) bond motifs is 1. The molecule has 0 saturated carbocycles. The number of likely N-dealkylation sites (tertiary alicyclic amines) is 1. The predicted molar refractivity (Wildman–Crippen MR) is 137 cm³/mol. The summed E-state index contributed by atoms with van der Waals surface area (Å²) >= 11 is 1.23. The molecule has 1 saturated heterocycles. The molecule has 1 aliphatic heterocycles. The number of hydrogen-bond donors (Lipinski definition) is 3. The summed E-state index contributed by atoms with van der Waals surface area (Å²) in [6.07, 6.45) is 0.695. The van der Waals surface area contributed by atoms with Crippen LogP contribution in [-0.2, 0) is 12.1 Å². The normalized spacial score (nSPS) is 13.9. The summed E-state index contributed by atoms with van der Waals surface area (Å²) in [4.78, 5) is 28.3. The highest BCUT2D eigenvalue weighted by Gasteiger charge is 2.24. The summed E-state index contributed by atoms with van der Waals surface area (Å²) < 4.78 is 5.52. The molecule has 0 radical (unpaired) electrons. The second-order valence-electron chi connectivity index (χ2n) is 9.17. The Morgan fingerprint density at radius 2 is 1.86 bits per heavy atom. The van der Waals surface area contributed by atoms with E-state index in [1.54, 1.807) is 6.07 Å². The molecular weight excluding hydrogens is 462 g/mol. The lowest BCUT2D eigenvalue weighted by atomic mass is 9.95. The molecule has 0 bridgehead atoms. The molecule has 0 spiro atoms. The number of hydrogen-bond acceptors (Lipinski definition) is 6. The molecule has 5 rings (SSSR count). The number of nitrogens with zero attached hydrogens (tertiary/aromatic N) is 2. The van der Waals surface area contributed by atoms with Gasteiger partial charge in [-0.1, -0.05) is 53.8 Å². The Morgan fingerprint density at radius 3 is 2.54 bits per heavy atom. The quantitative estimate of drug-likeness (QED) is 0.335. The third-order valence-electron chi connectivity index (χ3n) is 6.14. The van der Waals surface area contributed by atoms with Crippen molar-refractivity contribution < 1.29 is 14.3 Å². The van der Waals surface area contributed by atoms with E-state index >= 15 is 0 Å². The van der Waals surface area contributed by atoms with E-state index in [4.69, 9.17) is 4.74 Å². The topological polar surface area (TPSA) is 99.4 Å². The van der Waals surface area contributed by atoms with Crippen LogP contribution in [0.1, 0.15) is 41.8 Å². The zero-order valence-corrected chi connectivity index (χ0v) is 20.4. The van der Waals surface area contributed by atoms with Crippen LogP contribution in [0.2, 0.25) is 0 Å². The van der Waals surface area contributed by atoms with Crippen LogP contribution in [0.25, 0.3) is 10.2 Å². The first-order valence-electron chi connectivity index (χ1n) is 11.5. The summed E-state index contributed by atoms with van der Waals surface area (Å²) in [6, 6.07) is 19.0. The van der Waals surface area contributed by atoms with Crippen molar-refractivity contribution >= 4 is 39.4 Å². The maximum absolute atomic E-state index is 12.8. The Kier molecular flexibility index (Phi) is 6.27. The fourth-order valence-electron chi connectivity index (χ4n) is 3.98. The van der Waals surface area contributed by atoms with Crippen LogP contribution in [-0.4, -0.2) is 40.2 Å². The number of thiophene rings is 1. The van der Waals surface area contributed by atoms with Crippen LogP contribution in [0.3, 0.4) is 0 Å². The lowest BCUT2D eigenvalue weighted by Gasteiger charge is -2.30. The zero-order chi connectivity index (χ0) is 24.4. The first kappa shape index (κ1) is 23.1. The molecule has 0 atom stereocenters. The van der Waals surface area contributed by atoms with Crippen LogP contribution < -0.4 is 15.4 Å². The van der Waals surface area contributed by atoms with E-state index in [-0.39, 0.29) is 5.91 Å². The van der Waals surface area contributed by atoms with Crippen LogP contribution >= 0.6 is 11.3 Å². The van der Waals surface area contributed by atoms with E-state index in [2.05, 4.69) is 25.7 Å². The van der Waals surface area contributed by atoms with Gasteiger partial charge >= 0.3 is 6.09 Å². The van der Waals surface area contributed by atoms with Crippen molar-refractivity contribution in [2.24, 2.45) is 0 Å². The molecular formula is C26H27N5O3S. The fourth-order valence-corrected chi connectivity index (χ4v) is 4.83. The third-order valence-corrected chi connectivity index (χ3v) is 7.05. The SMILES string of the molecule is CC(C)(NC(=O)Oc1cc2c(NC(=O)c3ccc(CN4CCC4)cc3)[nH]nc2s1)c1ccccc1. The van der Waals surface area contributed by atoms with E-state index in [9.17, 15) is 9.59 Å². The van der Waals surface area contributed by atoms with Crippen LogP contribution in [0.4, 0.5) is 10.6 Å². The smallest absolute Gasteiger partial charge is 0.399 e. The van der Waals surface area contributed by atoms with E-state index in [0.717, 1.165) is 25.2 Å². The van der Waals surface area contributed by atoms with Gasteiger partial charge in [0.15, 0.2) is 9.89 Å². The molecule has 0 unspecified atom stereocenters. The zero-order valence-electron chi connectivity index (χ0n) is 19.6. The van der Waals surface area contributed by atoms with Crippen molar-refractivity contribution in [3.8, 4) is 5.06 Å². The lowest BCUT2D eigenvalue weighted by molar-refractivity contribution is 0.102. The van der Waals surface area contributed by atoms with Gasteiger partial charge in [0.1, 0.15) is 5.82 Å². The molecule has 180 valence electrons. The number of rotatable bonds is 7. The minimum atomic E-state index is -0.597. The van der Waals surface area contributed by atoms with Gasteiger partial charge in [0.2, 0.25) is 0 Å². The Labute approximate surface area is 207 Å². The minimum Gasteiger partial charge on any atom is -0.399 e. The van der Waals surface area contributed by atoms with E-state index in [1.807, 2.05) is 68.4 Å². The molecule has 2 aromatic heterocycles. The summed E-state index contributed by atoms with van der Waals surface area (Å²) in [5.74, 6) is 0.229. The molecule has 8 nitrogen and oxygen atoms in total. The Hall–Kier alpha value is -3.69. The van der Waals surface area contributed by atoms with Crippen LogP contribution in [0.15, 0.2) is 60.7 Å². The number of carbonyl (C=O) groups excluding carboxylic acids is 2. The van der Waals surface area contributed by atoms with Gasteiger partial charge in [0.25, 0.3) is 5.91 Å². The Balaban J connectivity index is 1.22. The number of nitrogens with one attached hydrogen (secondary N) is 3. The van der Waals surface area contributed by atoms with Crippen molar-refractivity contribution in [1.82, 2.24) is 20.4 Å². The maximum atomic E-state index is 12.8. The van der Waals surface area contributed by atoms with E-state index in [1.165, 1.54) is 23.3 Å². The highest BCUT2D eigenvalue weighted by molar-refractivity contribution is 7.20. The van der Waals surface area contributed by atoms with Crippen LogP contribution in [0.5, 0.6) is 5.06 Å². The van der Waals surface area contributed by atoms with Crippen molar-refractivity contribution in [2.75, 3.05) is 18.4 Å². The van der Waals surface area contributed by atoms with Gasteiger partial charge in [-0.2, -0.15) is 5.10 Å². The Morgan fingerprint density at radius 1 is 1.11 bits per heavy atom. The second kappa shape index (κ2) is 9.52. The van der Waals surface area contributed by atoms with Gasteiger partial charge in [0, 0.05) is 18.2 Å². The van der Waals surface area contributed by atoms with Crippen molar-refractivity contribution in [2.45, 2.75) is 32.4 Å². The number of anilines is 1.